The van der Waals surface area contributed by atoms with Crippen LogP contribution in [0.2, 0.25) is 0 Å². The van der Waals surface area contributed by atoms with Gasteiger partial charge in [0.05, 0.1) is 0 Å². The highest BCUT2D eigenvalue weighted by molar-refractivity contribution is 7.15. The molecule has 1 saturated heterocycles. The minimum absolute atomic E-state index is 0.978. The monoisotopic (exact) mass is 488 g/mol. The fraction of sp³-hybridized carbons (Fsp3) is 0.250. The van der Waals surface area contributed by atoms with Crippen LogP contribution in [0.25, 0.3) is 27.2 Å². The molecule has 0 amide bonds. The van der Waals surface area contributed by atoms with Gasteiger partial charge in [-0.3, -0.25) is 4.90 Å². The van der Waals surface area contributed by atoms with Crippen LogP contribution in [-0.4, -0.2) is 57.7 Å². The number of halogens is 3. The van der Waals surface area contributed by atoms with Gasteiger partial charge in [-0.05, 0) is 41.0 Å². The number of fused-ring (bicyclic) bond motifs is 1. The summed E-state index contributed by atoms with van der Waals surface area (Å²) in [6, 6.07) is 17.6. The molecule has 1 aliphatic heterocycles. The van der Waals surface area contributed by atoms with E-state index in [1.807, 2.05) is 23.7 Å². The Morgan fingerprint density at radius 2 is 1.65 bits per heavy atom. The number of aliphatic carboxylic acids is 1. The number of aromatic nitrogens is 2. The van der Waals surface area contributed by atoms with E-state index in [9.17, 15) is 13.2 Å². The van der Waals surface area contributed by atoms with Gasteiger partial charge >= 0.3 is 12.1 Å². The molecule has 4 aromatic rings. The highest BCUT2D eigenvalue weighted by Crippen LogP contribution is 2.31. The zero-order valence-corrected chi connectivity index (χ0v) is 18.9. The maximum Gasteiger partial charge on any atom is 0.490 e. The van der Waals surface area contributed by atoms with E-state index in [0.717, 1.165) is 38.4 Å². The molecule has 3 aromatic heterocycles. The maximum atomic E-state index is 10.6. The van der Waals surface area contributed by atoms with Crippen molar-refractivity contribution in [1.29, 1.82) is 0 Å². The number of piperazine rings is 1. The molecular formula is C24H23F3N4O2S. The first-order valence-corrected chi connectivity index (χ1v) is 11.5. The first kappa shape index (κ1) is 23.9. The second-order valence-electron chi connectivity index (χ2n) is 7.78. The Morgan fingerprint density at radius 1 is 1.00 bits per heavy atom. The lowest BCUT2D eigenvalue weighted by Crippen LogP contribution is -2.42. The zero-order valence-electron chi connectivity index (χ0n) is 18.1. The van der Waals surface area contributed by atoms with Crippen LogP contribution in [0, 0.1) is 0 Å². The van der Waals surface area contributed by atoms with Crippen LogP contribution in [0.5, 0.6) is 0 Å². The van der Waals surface area contributed by atoms with Gasteiger partial charge in [0.2, 0.25) is 0 Å². The number of carboxylic acid groups (broad SMARTS) is 1. The average Bonchev–Trinajstić information content (AvgIpc) is 3.49. The number of hydrogen-bond donors (Lipinski definition) is 2. The van der Waals surface area contributed by atoms with Crippen LogP contribution < -0.4 is 5.32 Å². The summed E-state index contributed by atoms with van der Waals surface area (Å²) >= 11 is 1.91. The van der Waals surface area contributed by atoms with Crippen molar-refractivity contribution in [3.8, 4) is 21.6 Å². The lowest BCUT2D eigenvalue weighted by molar-refractivity contribution is -0.192. The summed E-state index contributed by atoms with van der Waals surface area (Å²) in [5.74, 6) is -2.76. The Balaban J connectivity index is 0.000000344. The number of rotatable bonds is 4. The summed E-state index contributed by atoms with van der Waals surface area (Å²) in [4.78, 5) is 18.5. The van der Waals surface area contributed by atoms with Crippen LogP contribution in [0.15, 0.2) is 67.1 Å². The molecule has 0 spiro atoms. The quantitative estimate of drug-likeness (QED) is 0.433. The minimum atomic E-state index is -5.08. The van der Waals surface area contributed by atoms with Crippen molar-refractivity contribution >= 4 is 23.0 Å². The fourth-order valence-electron chi connectivity index (χ4n) is 3.63. The van der Waals surface area contributed by atoms with Crippen LogP contribution in [0.1, 0.15) is 4.88 Å². The van der Waals surface area contributed by atoms with Gasteiger partial charge in [0.25, 0.3) is 0 Å². The maximum absolute atomic E-state index is 10.6. The van der Waals surface area contributed by atoms with Crippen molar-refractivity contribution in [3.05, 3.63) is 72.0 Å². The van der Waals surface area contributed by atoms with E-state index in [-0.39, 0.29) is 0 Å². The number of nitrogens with one attached hydrogen (secondary N) is 1. The number of carboxylic acids is 1. The molecule has 2 N–H and O–H groups in total. The highest BCUT2D eigenvalue weighted by Gasteiger charge is 2.38. The molecule has 1 aromatic carbocycles. The molecule has 0 bridgehead atoms. The summed E-state index contributed by atoms with van der Waals surface area (Å²) in [5, 5.41) is 10.5. The minimum Gasteiger partial charge on any atom is -0.475 e. The summed E-state index contributed by atoms with van der Waals surface area (Å²) in [5.41, 5.74) is 4.70. The number of carbonyl (C=O) groups is 1. The van der Waals surface area contributed by atoms with Crippen LogP contribution in [-0.2, 0) is 11.3 Å². The van der Waals surface area contributed by atoms with Crippen molar-refractivity contribution in [1.82, 2.24) is 19.6 Å². The zero-order chi connectivity index (χ0) is 24.1. The Labute approximate surface area is 198 Å². The number of imidazole rings is 1. The Hall–Kier alpha value is -3.21. The van der Waals surface area contributed by atoms with E-state index in [0.29, 0.717) is 0 Å². The number of alkyl halides is 3. The molecule has 1 fully saturated rings. The second-order valence-corrected chi connectivity index (χ2v) is 8.95. The third kappa shape index (κ3) is 6.02. The van der Waals surface area contributed by atoms with Crippen molar-refractivity contribution < 1.29 is 23.1 Å². The standard InChI is InChI=1S/C22H22N4S.C2HF3O2/c1-3-18(21-7-6-20(27-21)16-25-12-9-23-10-13-25)4-2-17(1)19-5-8-22-24-11-14-26(22)15-19;3-2(4,5)1(6)7/h1-8,11,14-15,23H,9-10,12-13,16H2;(H,6,7). The van der Waals surface area contributed by atoms with E-state index in [1.54, 1.807) is 0 Å². The van der Waals surface area contributed by atoms with Gasteiger partial charge in [0.15, 0.2) is 0 Å². The Bertz CT molecular complexity index is 1250. The highest BCUT2D eigenvalue weighted by atomic mass is 32.1. The van der Waals surface area contributed by atoms with Crippen molar-refractivity contribution in [2.45, 2.75) is 12.7 Å². The molecule has 1 aliphatic rings. The van der Waals surface area contributed by atoms with Gasteiger partial charge in [0.1, 0.15) is 5.65 Å². The molecule has 5 rings (SSSR count). The average molecular weight is 489 g/mol. The normalized spacial score (nSPS) is 14.6. The molecule has 0 aliphatic carbocycles. The molecule has 0 saturated carbocycles. The Kier molecular flexibility index (Phi) is 7.30. The first-order valence-electron chi connectivity index (χ1n) is 10.6. The number of nitrogens with zero attached hydrogens (tertiary/aromatic N) is 3. The summed E-state index contributed by atoms with van der Waals surface area (Å²) in [6.07, 6.45) is 0.865. The number of benzene rings is 1. The lowest BCUT2D eigenvalue weighted by Gasteiger charge is -2.26. The first-order chi connectivity index (χ1) is 16.3. The van der Waals surface area contributed by atoms with Gasteiger partial charge in [-0.1, -0.05) is 24.3 Å². The molecule has 10 heteroatoms. The van der Waals surface area contributed by atoms with Gasteiger partial charge in [-0.2, -0.15) is 13.2 Å². The SMILES string of the molecule is O=C(O)C(F)(F)F.c1cn2cc(-c3ccc(-c4ccc(CN5CCNCC5)s4)cc3)ccc2n1. The van der Waals surface area contributed by atoms with E-state index in [4.69, 9.17) is 9.90 Å². The summed E-state index contributed by atoms with van der Waals surface area (Å²) in [7, 11) is 0. The predicted molar refractivity (Wildman–Crippen MR) is 126 cm³/mol. The molecule has 0 atom stereocenters. The molecule has 0 unspecified atom stereocenters. The van der Waals surface area contributed by atoms with Crippen molar-refractivity contribution in [3.63, 3.8) is 0 Å². The van der Waals surface area contributed by atoms with E-state index >= 15 is 0 Å². The number of pyridine rings is 1. The number of thiophene rings is 1. The second kappa shape index (κ2) is 10.4. The molecular weight excluding hydrogens is 465 g/mol. The molecule has 34 heavy (non-hydrogen) atoms. The van der Waals surface area contributed by atoms with Crippen LogP contribution >= 0.6 is 11.3 Å². The smallest absolute Gasteiger partial charge is 0.475 e. The topological polar surface area (TPSA) is 69.9 Å². The lowest BCUT2D eigenvalue weighted by atomic mass is 10.1. The molecule has 6 nitrogen and oxygen atoms in total. The van der Waals surface area contributed by atoms with E-state index in [2.05, 4.69) is 74.3 Å². The molecule has 4 heterocycles. The third-order valence-electron chi connectivity index (χ3n) is 5.38. The van der Waals surface area contributed by atoms with Crippen LogP contribution in [0.4, 0.5) is 13.2 Å². The number of hydrogen-bond acceptors (Lipinski definition) is 5. The van der Waals surface area contributed by atoms with Crippen molar-refractivity contribution in [2.24, 2.45) is 0 Å². The van der Waals surface area contributed by atoms with Gasteiger partial charge in [0, 0.05) is 61.1 Å². The molecule has 178 valence electrons. The van der Waals surface area contributed by atoms with Gasteiger partial charge in [-0.25, -0.2) is 9.78 Å². The van der Waals surface area contributed by atoms with Crippen LogP contribution in [0.3, 0.4) is 0 Å². The fourth-order valence-corrected chi connectivity index (χ4v) is 4.68. The van der Waals surface area contributed by atoms with E-state index in [1.165, 1.54) is 26.4 Å². The summed E-state index contributed by atoms with van der Waals surface area (Å²) in [6.45, 7) is 5.55. The van der Waals surface area contributed by atoms with E-state index < -0.39 is 12.1 Å². The van der Waals surface area contributed by atoms with Gasteiger partial charge < -0.3 is 14.8 Å². The third-order valence-corrected chi connectivity index (χ3v) is 6.50. The van der Waals surface area contributed by atoms with Crippen molar-refractivity contribution in [2.75, 3.05) is 26.2 Å². The van der Waals surface area contributed by atoms with Gasteiger partial charge in [-0.15, -0.1) is 11.3 Å². The summed E-state index contributed by atoms with van der Waals surface area (Å²) < 4.78 is 33.8. The largest absolute Gasteiger partial charge is 0.490 e. The molecule has 0 radical (unpaired) electrons. The Morgan fingerprint density at radius 3 is 2.32 bits per heavy atom. The predicted octanol–water partition coefficient (Wildman–Crippen LogP) is 4.77.